The smallest absolute Gasteiger partial charge is 0.341 e. The van der Waals surface area contributed by atoms with Crippen LogP contribution in [-0.2, 0) is 11.3 Å². The fourth-order valence-electron chi connectivity index (χ4n) is 3.17. The number of rotatable bonds is 6. The highest BCUT2D eigenvalue weighted by Crippen LogP contribution is 2.30. The molecule has 0 fully saturated rings. The van der Waals surface area contributed by atoms with E-state index in [2.05, 4.69) is 16.4 Å². The zero-order valence-corrected chi connectivity index (χ0v) is 18.5. The van der Waals surface area contributed by atoms with Crippen molar-refractivity contribution >= 4 is 23.2 Å². The second-order valence-corrected chi connectivity index (χ2v) is 7.96. The molecule has 0 saturated heterocycles. The lowest BCUT2D eigenvalue weighted by molar-refractivity contribution is 0.0597. The van der Waals surface area contributed by atoms with E-state index in [0.29, 0.717) is 21.9 Å². The third kappa shape index (κ3) is 4.52. The topological polar surface area (TPSA) is 77.5 Å². The summed E-state index contributed by atoms with van der Waals surface area (Å²) in [6.45, 7) is 6.19. The van der Waals surface area contributed by atoms with Crippen LogP contribution in [0.2, 0.25) is 0 Å². The summed E-state index contributed by atoms with van der Waals surface area (Å²) < 4.78 is 9.99. The molecule has 3 aromatic rings. The van der Waals surface area contributed by atoms with Crippen molar-refractivity contribution in [1.82, 2.24) is 10.3 Å². The minimum atomic E-state index is -0.489. The highest BCUT2D eigenvalue weighted by molar-refractivity contribution is 7.17. The number of aromatic nitrogens is 1. The van der Waals surface area contributed by atoms with Crippen LogP contribution in [0.3, 0.4) is 0 Å². The van der Waals surface area contributed by atoms with Crippen LogP contribution in [0, 0.1) is 20.8 Å². The number of benzene rings is 2. The maximum atomic E-state index is 12.8. The fourth-order valence-corrected chi connectivity index (χ4v) is 4.25. The number of thiazole rings is 1. The molecule has 1 heterocycles. The Balaban J connectivity index is 1.77. The molecule has 156 valence electrons. The molecule has 3 rings (SSSR count). The van der Waals surface area contributed by atoms with E-state index in [4.69, 9.17) is 9.47 Å². The van der Waals surface area contributed by atoms with Gasteiger partial charge < -0.3 is 14.8 Å². The fraction of sp³-hybridized carbons (Fsp3) is 0.261. The largest absolute Gasteiger partial charge is 0.496 e. The lowest BCUT2D eigenvalue weighted by atomic mass is 10.1. The highest BCUT2D eigenvalue weighted by Gasteiger charge is 2.18. The Morgan fingerprint density at radius 1 is 1.07 bits per heavy atom. The summed E-state index contributed by atoms with van der Waals surface area (Å²) in [5.41, 5.74) is 5.12. The molecule has 0 unspecified atom stereocenters. The average molecular weight is 425 g/mol. The molecule has 0 atom stereocenters. The first kappa shape index (κ1) is 21.5. The summed E-state index contributed by atoms with van der Waals surface area (Å²) in [5, 5.41) is 3.73. The molecule has 30 heavy (non-hydrogen) atoms. The van der Waals surface area contributed by atoms with Crippen molar-refractivity contribution in [3.63, 3.8) is 0 Å². The molecule has 1 aromatic heterocycles. The quantitative estimate of drug-likeness (QED) is 0.591. The van der Waals surface area contributed by atoms with Gasteiger partial charge in [-0.25, -0.2) is 9.78 Å². The molecule has 0 aliphatic rings. The van der Waals surface area contributed by atoms with E-state index < -0.39 is 5.97 Å². The van der Waals surface area contributed by atoms with Gasteiger partial charge in [0, 0.05) is 12.1 Å². The highest BCUT2D eigenvalue weighted by atomic mass is 32.1. The van der Waals surface area contributed by atoms with Crippen LogP contribution < -0.4 is 10.1 Å². The van der Waals surface area contributed by atoms with Gasteiger partial charge in [-0.15, -0.1) is 11.3 Å². The number of amides is 1. The molecule has 7 heteroatoms. The number of nitrogens with one attached hydrogen (secondary N) is 1. The van der Waals surface area contributed by atoms with E-state index in [0.717, 1.165) is 21.7 Å². The number of methoxy groups -OCH3 is 2. The summed E-state index contributed by atoms with van der Waals surface area (Å²) in [7, 11) is 2.80. The number of hydrogen-bond acceptors (Lipinski definition) is 6. The van der Waals surface area contributed by atoms with Gasteiger partial charge in [0.05, 0.1) is 19.9 Å². The van der Waals surface area contributed by atoms with Gasteiger partial charge in [-0.1, -0.05) is 29.8 Å². The zero-order valence-electron chi connectivity index (χ0n) is 17.7. The van der Waals surface area contributed by atoms with Crippen LogP contribution in [-0.4, -0.2) is 31.1 Å². The number of nitrogens with zero attached hydrogens (tertiary/aromatic N) is 1. The number of aryl methyl sites for hydroxylation is 3. The number of carbonyl (C=O) groups excluding carboxylic acids is 2. The Morgan fingerprint density at radius 3 is 2.50 bits per heavy atom. The second kappa shape index (κ2) is 9.09. The van der Waals surface area contributed by atoms with Gasteiger partial charge >= 0.3 is 5.97 Å². The number of carbonyl (C=O) groups is 2. The first-order chi connectivity index (χ1) is 14.3. The molecule has 0 radical (unpaired) electrons. The summed E-state index contributed by atoms with van der Waals surface area (Å²) in [6.07, 6.45) is 0. The molecule has 1 amide bonds. The monoisotopic (exact) mass is 424 g/mol. The molecule has 0 aliphatic carbocycles. The van der Waals surface area contributed by atoms with Gasteiger partial charge in [0.2, 0.25) is 0 Å². The predicted molar refractivity (Wildman–Crippen MR) is 117 cm³/mol. The van der Waals surface area contributed by atoms with Crippen LogP contribution in [0.4, 0.5) is 0 Å². The summed E-state index contributed by atoms with van der Waals surface area (Å²) in [4.78, 5) is 29.9. The Morgan fingerprint density at radius 2 is 1.83 bits per heavy atom. The van der Waals surface area contributed by atoms with Crippen LogP contribution in [0.1, 0.15) is 42.4 Å². The van der Waals surface area contributed by atoms with Crippen LogP contribution in [0.25, 0.3) is 10.6 Å². The molecular weight excluding hydrogens is 400 g/mol. The van der Waals surface area contributed by atoms with E-state index in [1.807, 2.05) is 32.9 Å². The third-order valence-electron chi connectivity index (χ3n) is 4.74. The average Bonchev–Trinajstić information content (AvgIpc) is 3.12. The van der Waals surface area contributed by atoms with E-state index in [9.17, 15) is 9.59 Å². The molecular formula is C23H24N2O4S. The van der Waals surface area contributed by atoms with E-state index in [1.165, 1.54) is 31.1 Å². The maximum absolute atomic E-state index is 12.8. The van der Waals surface area contributed by atoms with Gasteiger partial charge in [0.1, 0.15) is 21.2 Å². The van der Waals surface area contributed by atoms with Crippen LogP contribution in [0.15, 0.2) is 36.4 Å². The van der Waals surface area contributed by atoms with Gasteiger partial charge in [-0.3, -0.25) is 4.79 Å². The lowest BCUT2D eigenvalue weighted by Gasteiger charge is -2.10. The van der Waals surface area contributed by atoms with E-state index >= 15 is 0 Å². The van der Waals surface area contributed by atoms with E-state index in [1.54, 1.807) is 18.2 Å². The first-order valence-electron chi connectivity index (χ1n) is 9.42. The van der Waals surface area contributed by atoms with Crippen molar-refractivity contribution in [3.8, 4) is 16.3 Å². The second-order valence-electron chi connectivity index (χ2n) is 6.96. The maximum Gasteiger partial charge on any atom is 0.341 e. The normalized spacial score (nSPS) is 10.6. The summed E-state index contributed by atoms with van der Waals surface area (Å²) in [5.74, 6) is -0.263. The molecule has 0 spiro atoms. The van der Waals surface area contributed by atoms with Crippen molar-refractivity contribution < 1.29 is 19.1 Å². The van der Waals surface area contributed by atoms with Crippen molar-refractivity contribution in [1.29, 1.82) is 0 Å². The summed E-state index contributed by atoms with van der Waals surface area (Å²) in [6, 6.07) is 11.3. The van der Waals surface area contributed by atoms with Crippen molar-refractivity contribution in [2.45, 2.75) is 27.3 Å². The lowest BCUT2D eigenvalue weighted by Crippen LogP contribution is -2.22. The molecule has 6 nitrogen and oxygen atoms in total. The number of ether oxygens (including phenoxy) is 2. The molecule has 0 saturated carbocycles. The minimum absolute atomic E-state index is 0.198. The molecule has 0 aliphatic heterocycles. The van der Waals surface area contributed by atoms with Gasteiger partial charge in [-0.05, 0) is 44.0 Å². The number of hydrogen-bond donors (Lipinski definition) is 1. The molecule has 2 aromatic carbocycles. The molecule has 1 N–H and O–H groups in total. The SMILES string of the molecule is COC(=O)c1cc(CNC(=O)c2sc(-c3ccc(C)cc3C)nc2C)ccc1OC. The van der Waals surface area contributed by atoms with Gasteiger partial charge in [0.25, 0.3) is 5.91 Å². The van der Waals surface area contributed by atoms with Gasteiger partial charge in [-0.2, -0.15) is 0 Å². The van der Waals surface area contributed by atoms with Crippen LogP contribution >= 0.6 is 11.3 Å². The standard InChI is InChI=1S/C23H24N2O4S/c1-13-6-8-17(14(2)10-13)22-25-15(3)20(30-22)21(26)24-12-16-7-9-19(28-4)18(11-16)23(27)29-5/h6-11H,12H2,1-5H3,(H,24,26). The number of esters is 1. The zero-order chi connectivity index (χ0) is 21.8. The Bertz CT molecular complexity index is 1100. The van der Waals surface area contributed by atoms with Crippen molar-refractivity contribution in [2.75, 3.05) is 14.2 Å². The van der Waals surface area contributed by atoms with Gasteiger partial charge in [0.15, 0.2) is 0 Å². The van der Waals surface area contributed by atoms with E-state index in [-0.39, 0.29) is 12.5 Å². The predicted octanol–water partition coefficient (Wildman–Crippen LogP) is 4.46. The summed E-state index contributed by atoms with van der Waals surface area (Å²) >= 11 is 1.38. The minimum Gasteiger partial charge on any atom is -0.496 e. The van der Waals surface area contributed by atoms with Crippen molar-refractivity contribution in [2.24, 2.45) is 0 Å². The van der Waals surface area contributed by atoms with Crippen LogP contribution in [0.5, 0.6) is 5.75 Å². The van der Waals surface area contributed by atoms with Crippen molar-refractivity contribution in [3.05, 3.63) is 69.2 Å². The Hall–Kier alpha value is -3.19. The third-order valence-corrected chi connectivity index (χ3v) is 5.93. The first-order valence-corrected chi connectivity index (χ1v) is 10.2. The Kier molecular flexibility index (Phi) is 6.52. The molecule has 0 bridgehead atoms. The Labute approximate surface area is 179 Å².